The summed E-state index contributed by atoms with van der Waals surface area (Å²) in [6, 6.07) is 14.3. The summed E-state index contributed by atoms with van der Waals surface area (Å²) in [6.07, 6.45) is 0. The van der Waals surface area contributed by atoms with E-state index >= 15 is 0 Å². The normalized spacial score (nSPS) is 10.8. The summed E-state index contributed by atoms with van der Waals surface area (Å²) in [5.41, 5.74) is 4.13. The van der Waals surface area contributed by atoms with Crippen LogP contribution in [0.2, 0.25) is 0 Å². The van der Waals surface area contributed by atoms with Crippen LogP contribution < -0.4 is 4.90 Å². The molecule has 0 N–H and O–H groups in total. The Kier molecular flexibility index (Phi) is 6.16. The Labute approximate surface area is 170 Å². The van der Waals surface area contributed by atoms with Gasteiger partial charge in [-0.05, 0) is 49.7 Å². The van der Waals surface area contributed by atoms with Crippen LogP contribution >= 0.6 is 39.0 Å². The number of carbonyl (C=O) groups is 1. The van der Waals surface area contributed by atoms with E-state index in [1.807, 2.05) is 36.6 Å². The smallest absolute Gasteiger partial charge is 0.230 e. The molecule has 0 unspecified atom stereocenters. The van der Waals surface area contributed by atoms with Crippen molar-refractivity contribution in [2.75, 3.05) is 4.90 Å². The molecule has 0 aliphatic carbocycles. The molecule has 3 nitrogen and oxygen atoms in total. The minimum Gasteiger partial charge on any atom is -0.274 e. The Balaban J connectivity index is 1.79. The second-order valence-electron chi connectivity index (χ2n) is 6.01. The zero-order valence-electron chi connectivity index (χ0n) is 14.8. The minimum absolute atomic E-state index is 0.0292. The van der Waals surface area contributed by atoms with Crippen LogP contribution in [0.15, 0.2) is 57.2 Å². The molecule has 0 bridgehead atoms. The quantitative estimate of drug-likeness (QED) is 0.419. The summed E-state index contributed by atoms with van der Waals surface area (Å²) < 4.78 is 1.07. The molecule has 2 aromatic carbocycles. The Hall–Kier alpha value is -1.63. The highest BCUT2D eigenvalue weighted by molar-refractivity contribution is 9.10. The van der Waals surface area contributed by atoms with E-state index < -0.39 is 0 Å². The molecule has 1 amide bonds. The van der Waals surface area contributed by atoms with Gasteiger partial charge in [0.2, 0.25) is 5.91 Å². The second kappa shape index (κ2) is 8.37. The van der Waals surface area contributed by atoms with Crippen LogP contribution in [0, 0.1) is 13.8 Å². The van der Waals surface area contributed by atoms with Gasteiger partial charge in [-0.1, -0.05) is 33.6 Å². The van der Waals surface area contributed by atoms with E-state index in [1.165, 1.54) is 21.8 Å². The van der Waals surface area contributed by atoms with Gasteiger partial charge >= 0.3 is 0 Å². The largest absolute Gasteiger partial charge is 0.274 e. The summed E-state index contributed by atoms with van der Waals surface area (Å²) in [7, 11) is 0. The zero-order valence-corrected chi connectivity index (χ0v) is 18.0. The maximum Gasteiger partial charge on any atom is 0.230 e. The van der Waals surface area contributed by atoms with Gasteiger partial charge in [0.25, 0.3) is 0 Å². The van der Waals surface area contributed by atoms with E-state index in [-0.39, 0.29) is 5.91 Å². The van der Waals surface area contributed by atoms with Crippen LogP contribution in [0.4, 0.5) is 10.8 Å². The van der Waals surface area contributed by atoms with Crippen LogP contribution in [0.5, 0.6) is 0 Å². The number of amides is 1. The van der Waals surface area contributed by atoms with Crippen LogP contribution in [0.1, 0.15) is 23.7 Å². The van der Waals surface area contributed by atoms with Crippen LogP contribution in [-0.4, -0.2) is 10.9 Å². The lowest BCUT2D eigenvalue weighted by Crippen LogP contribution is -2.23. The number of carbonyl (C=O) groups excluding carboxylic acids is 1. The highest BCUT2D eigenvalue weighted by atomic mass is 79.9. The maximum absolute atomic E-state index is 12.3. The molecular formula is C20H19BrN2OS2. The Morgan fingerprint density at radius 1 is 1.19 bits per heavy atom. The van der Waals surface area contributed by atoms with Gasteiger partial charge in [0.15, 0.2) is 5.13 Å². The predicted molar refractivity (Wildman–Crippen MR) is 115 cm³/mol. The van der Waals surface area contributed by atoms with Crippen LogP contribution in [-0.2, 0) is 10.5 Å². The number of thioether (sulfide) groups is 1. The van der Waals surface area contributed by atoms with Crippen molar-refractivity contribution in [1.82, 2.24) is 4.98 Å². The third-order valence-electron chi connectivity index (χ3n) is 3.84. The number of anilines is 2. The van der Waals surface area contributed by atoms with Crippen molar-refractivity contribution in [2.45, 2.75) is 31.4 Å². The number of hydrogen-bond acceptors (Lipinski definition) is 4. The molecule has 0 spiro atoms. The van der Waals surface area contributed by atoms with E-state index in [4.69, 9.17) is 4.98 Å². The van der Waals surface area contributed by atoms with Gasteiger partial charge in [-0.2, -0.15) is 0 Å². The Bertz CT molecular complexity index is 922. The molecule has 26 heavy (non-hydrogen) atoms. The third-order valence-corrected chi connectivity index (χ3v) is 6.29. The fourth-order valence-corrected chi connectivity index (χ4v) is 4.66. The molecule has 0 saturated heterocycles. The molecule has 1 heterocycles. The van der Waals surface area contributed by atoms with Crippen molar-refractivity contribution in [2.24, 2.45) is 0 Å². The number of halogens is 1. The molecule has 0 aliphatic rings. The summed E-state index contributed by atoms with van der Waals surface area (Å²) in [5.74, 6) is 0.745. The van der Waals surface area contributed by atoms with Crippen LogP contribution in [0.3, 0.4) is 0 Å². The molecule has 0 saturated carbocycles. The average molecular weight is 447 g/mol. The molecule has 0 fully saturated rings. The zero-order chi connectivity index (χ0) is 18.7. The van der Waals surface area contributed by atoms with E-state index in [9.17, 15) is 4.79 Å². The lowest BCUT2D eigenvalue weighted by molar-refractivity contribution is -0.115. The second-order valence-corrected chi connectivity index (χ2v) is 8.81. The standard InChI is InChI=1S/C20H19BrN2OS2/c1-13-4-9-19(14(2)10-13)23(15(3)24)20-22-17(12-26-20)11-25-18-7-5-16(21)6-8-18/h4-10,12H,11H2,1-3H3. The summed E-state index contributed by atoms with van der Waals surface area (Å²) in [4.78, 5) is 19.9. The molecule has 6 heteroatoms. The molecule has 0 radical (unpaired) electrons. The van der Waals surface area contributed by atoms with E-state index in [2.05, 4.69) is 41.1 Å². The highest BCUT2D eigenvalue weighted by Gasteiger charge is 2.19. The van der Waals surface area contributed by atoms with Crippen molar-refractivity contribution in [3.63, 3.8) is 0 Å². The van der Waals surface area contributed by atoms with Crippen molar-refractivity contribution in [3.8, 4) is 0 Å². The number of nitrogens with zero attached hydrogens (tertiary/aromatic N) is 2. The average Bonchev–Trinajstić information content (AvgIpc) is 3.05. The monoisotopic (exact) mass is 446 g/mol. The Morgan fingerprint density at radius 3 is 2.58 bits per heavy atom. The SMILES string of the molecule is CC(=O)N(c1nc(CSc2ccc(Br)cc2)cs1)c1ccc(C)cc1C. The highest BCUT2D eigenvalue weighted by Crippen LogP contribution is 2.33. The van der Waals surface area contributed by atoms with Crippen molar-refractivity contribution >= 4 is 55.8 Å². The third kappa shape index (κ3) is 4.55. The fourth-order valence-electron chi connectivity index (χ4n) is 2.62. The first-order chi connectivity index (χ1) is 12.4. The van der Waals surface area contributed by atoms with Crippen molar-refractivity contribution in [1.29, 1.82) is 0 Å². The first-order valence-corrected chi connectivity index (χ1v) is 10.8. The van der Waals surface area contributed by atoms with Crippen molar-refractivity contribution < 1.29 is 4.79 Å². The van der Waals surface area contributed by atoms with E-state index in [0.29, 0.717) is 0 Å². The van der Waals surface area contributed by atoms with Gasteiger partial charge in [0.05, 0.1) is 11.4 Å². The van der Waals surface area contributed by atoms with Gasteiger partial charge in [-0.15, -0.1) is 23.1 Å². The lowest BCUT2D eigenvalue weighted by Gasteiger charge is -2.20. The molecule has 0 aliphatic heterocycles. The van der Waals surface area contributed by atoms with Crippen LogP contribution in [0.25, 0.3) is 0 Å². The predicted octanol–water partition coefficient (Wildman–Crippen LogP) is 6.50. The number of hydrogen-bond donors (Lipinski definition) is 0. The Morgan fingerprint density at radius 2 is 1.92 bits per heavy atom. The summed E-state index contributed by atoms with van der Waals surface area (Å²) >= 11 is 6.69. The lowest BCUT2D eigenvalue weighted by atomic mass is 10.1. The van der Waals surface area contributed by atoms with Gasteiger partial charge in [-0.3, -0.25) is 9.69 Å². The molecule has 0 atom stereocenters. The number of rotatable bonds is 5. The molecule has 3 aromatic rings. The van der Waals surface area contributed by atoms with E-state index in [1.54, 1.807) is 23.6 Å². The molecule has 3 rings (SSSR count). The first-order valence-electron chi connectivity index (χ1n) is 8.15. The minimum atomic E-state index is -0.0292. The number of aryl methyl sites for hydroxylation is 2. The summed E-state index contributed by atoms with van der Waals surface area (Å²) in [6.45, 7) is 5.66. The van der Waals surface area contributed by atoms with Crippen molar-refractivity contribution in [3.05, 3.63) is 69.1 Å². The van der Waals surface area contributed by atoms with Gasteiger partial charge in [0, 0.05) is 27.4 Å². The maximum atomic E-state index is 12.3. The fraction of sp³-hybridized carbons (Fsp3) is 0.200. The van der Waals surface area contributed by atoms with E-state index in [0.717, 1.165) is 32.3 Å². The molecular weight excluding hydrogens is 428 g/mol. The first kappa shape index (κ1) is 19.1. The van der Waals surface area contributed by atoms with Gasteiger partial charge in [-0.25, -0.2) is 4.98 Å². The number of thiazole rings is 1. The number of aromatic nitrogens is 1. The molecule has 1 aromatic heterocycles. The van der Waals surface area contributed by atoms with Gasteiger partial charge in [0.1, 0.15) is 0 Å². The topological polar surface area (TPSA) is 33.2 Å². The number of benzene rings is 2. The van der Waals surface area contributed by atoms with Gasteiger partial charge < -0.3 is 0 Å². The molecule has 134 valence electrons. The summed E-state index contributed by atoms with van der Waals surface area (Å²) in [5, 5.41) is 2.75.